The summed E-state index contributed by atoms with van der Waals surface area (Å²) >= 11 is 0. The van der Waals surface area contributed by atoms with E-state index in [0.29, 0.717) is 6.54 Å². The van der Waals surface area contributed by atoms with Gasteiger partial charge in [0.05, 0.1) is 17.6 Å². The number of nitrogens with two attached hydrogens (primary N) is 1. The first kappa shape index (κ1) is 14.5. The summed E-state index contributed by atoms with van der Waals surface area (Å²) in [7, 11) is 4.07. The maximum Gasteiger partial charge on any atom is 0.154 e. The van der Waals surface area contributed by atoms with Crippen molar-refractivity contribution in [1.29, 1.82) is 0 Å². The molecule has 5 heteroatoms. The van der Waals surface area contributed by atoms with E-state index < -0.39 is 0 Å². The van der Waals surface area contributed by atoms with Gasteiger partial charge in [0, 0.05) is 25.3 Å². The van der Waals surface area contributed by atoms with Crippen molar-refractivity contribution in [3.05, 3.63) is 48.3 Å². The zero-order chi connectivity index (χ0) is 15.5. The molecular formula is C17H21N5. The number of rotatable bonds is 5. The lowest BCUT2D eigenvalue weighted by Gasteiger charge is -2.12. The Bertz CT molecular complexity index is 758. The third-order valence-electron chi connectivity index (χ3n) is 3.73. The molecule has 0 aliphatic carbocycles. The number of hydrogen-bond donors (Lipinski definition) is 1. The van der Waals surface area contributed by atoms with E-state index in [1.54, 1.807) is 0 Å². The first-order valence-electron chi connectivity index (χ1n) is 7.50. The van der Waals surface area contributed by atoms with Crippen molar-refractivity contribution >= 4 is 11.3 Å². The summed E-state index contributed by atoms with van der Waals surface area (Å²) in [5, 5.41) is 4.69. The molecule has 114 valence electrons. The van der Waals surface area contributed by atoms with Crippen LogP contribution in [0.25, 0.3) is 16.9 Å². The lowest BCUT2D eigenvalue weighted by molar-refractivity contribution is 0.774. The second-order valence-corrected chi connectivity index (χ2v) is 5.57. The largest absolute Gasteiger partial charge is 0.378 e. The summed E-state index contributed by atoms with van der Waals surface area (Å²) in [5.41, 5.74) is 10.8. The lowest BCUT2D eigenvalue weighted by Crippen LogP contribution is -2.08. The summed E-state index contributed by atoms with van der Waals surface area (Å²) in [6.45, 7) is 0.683. The highest BCUT2D eigenvalue weighted by Gasteiger charge is 2.08. The van der Waals surface area contributed by atoms with Crippen molar-refractivity contribution in [1.82, 2.24) is 14.6 Å². The van der Waals surface area contributed by atoms with E-state index in [0.717, 1.165) is 35.4 Å². The molecule has 0 radical (unpaired) electrons. The number of fused-ring (bicyclic) bond motifs is 1. The molecule has 5 nitrogen and oxygen atoms in total. The molecule has 22 heavy (non-hydrogen) atoms. The van der Waals surface area contributed by atoms with Gasteiger partial charge in [0.2, 0.25) is 0 Å². The number of aromatic nitrogens is 3. The van der Waals surface area contributed by atoms with Gasteiger partial charge in [-0.1, -0.05) is 12.1 Å². The molecule has 0 aliphatic rings. The highest BCUT2D eigenvalue weighted by molar-refractivity contribution is 5.65. The molecule has 0 saturated heterocycles. The quantitative estimate of drug-likeness (QED) is 0.785. The van der Waals surface area contributed by atoms with Crippen LogP contribution in [0, 0.1) is 0 Å². The van der Waals surface area contributed by atoms with Crippen molar-refractivity contribution < 1.29 is 0 Å². The van der Waals surface area contributed by atoms with Crippen LogP contribution >= 0.6 is 0 Å². The predicted molar refractivity (Wildman–Crippen MR) is 90.1 cm³/mol. The standard InChI is InChI=1S/C17H21N5/c1-21(2)15-8-5-13(6-9-15)16-12-19-17-10-7-14(4-3-11-18)20-22(16)17/h5-10,12H,3-4,11,18H2,1-2H3. The average molecular weight is 295 g/mol. The fourth-order valence-corrected chi connectivity index (χ4v) is 2.45. The smallest absolute Gasteiger partial charge is 0.154 e. The van der Waals surface area contributed by atoms with Gasteiger partial charge in [-0.2, -0.15) is 5.10 Å². The minimum atomic E-state index is 0.683. The number of nitrogens with zero attached hydrogens (tertiary/aromatic N) is 4. The van der Waals surface area contributed by atoms with Crippen LogP contribution in [0.3, 0.4) is 0 Å². The van der Waals surface area contributed by atoms with E-state index in [1.807, 2.05) is 36.9 Å². The van der Waals surface area contributed by atoms with Crippen LogP contribution in [0.1, 0.15) is 12.1 Å². The molecule has 3 rings (SSSR count). The van der Waals surface area contributed by atoms with Crippen molar-refractivity contribution in [3.63, 3.8) is 0 Å². The van der Waals surface area contributed by atoms with E-state index in [4.69, 9.17) is 10.8 Å². The zero-order valence-electron chi connectivity index (χ0n) is 13.0. The number of imidazole rings is 1. The highest BCUT2D eigenvalue weighted by atomic mass is 15.3. The Morgan fingerprint density at radius 3 is 2.55 bits per heavy atom. The molecule has 0 spiro atoms. The Morgan fingerprint density at radius 1 is 1.09 bits per heavy atom. The Morgan fingerprint density at radius 2 is 1.86 bits per heavy atom. The molecule has 0 saturated carbocycles. The zero-order valence-corrected chi connectivity index (χ0v) is 13.0. The molecule has 0 aliphatic heterocycles. The van der Waals surface area contributed by atoms with Gasteiger partial charge in [0.1, 0.15) is 0 Å². The van der Waals surface area contributed by atoms with E-state index >= 15 is 0 Å². The predicted octanol–water partition coefficient (Wildman–Crippen LogP) is 2.35. The van der Waals surface area contributed by atoms with Gasteiger partial charge < -0.3 is 10.6 Å². The van der Waals surface area contributed by atoms with Crippen molar-refractivity contribution in [2.75, 3.05) is 25.5 Å². The van der Waals surface area contributed by atoms with E-state index in [9.17, 15) is 0 Å². The Balaban J connectivity index is 1.98. The summed E-state index contributed by atoms with van der Waals surface area (Å²) in [6, 6.07) is 12.5. The summed E-state index contributed by atoms with van der Waals surface area (Å²) in [6.07, 6.45) is 3.71. The van der Waals surface area contributed by atoms with Gasteiger partial charge in [-0.3, -0.25) is 0 Å². The summed E-state index contributed by atoms with van der Waals surface area (Å²) in [5.74, 6) is 0. The minimum absolute atomic E-state index is 0.683. The van der Waals surface area contributed by atoms with Crippen LogP contribution in [0.4, 0.5) is 5.69 Å². The van der Waals surface area contributed by atoms with E-state index in [2.05, 4.69) is 34.1 Å². The fourth-order valence-electron chi connectivity index (χ4n) is 2.45. The Hall–Kier alpha value is -2.40. The van der Waals surface area contributed by atoms with Gasteiger partial charge in [-0.15, -0.1) is 0 Å². The van der Waals surface area contributed by atoms with Crippen LogP contribution in [0.5, 0.6) is 0 Å². The lowest BCUT2D eigenvalue weighted by atomic mass is 10.1. The molecule has 0 unspecified atom stereocenters. The number of hydrogen-bond acceptors (Lipinski definition) is 4. The first-order valence-corrected chi connectivity index (χ1v) is 7.50. The molecule has 2 N–H and O–H groups in total. The number of anilines is 1. The van der Waals surface area contributed by atoms with Crippen LogP contribution in [0.2, 0.25) is 0 Å². The molecule has 0 bridgehead atoms. The molecule has 2 heterocycles. The van der Waals surface area contributed by atoms with Crippen molar-refractivity contribution in [3.8, 4) is 11.3 Å². The van der Waals surface area contributed by atoms with Crippen LogP contribution in [0.15, 0.2) is 42.6 Å². The molecule has 0 fully saturated rings. The Kier molecular flexibility index (Phi) is 4.06. The molecule has 0 amide bonds. The highest BCUT2D eigenvalue weighted by Crippen LogP contribution is 2.23. The maximum atomic E-state index is 5.58. The molecule has 1 aromatic carbocycles. The summed E-state index contributed by atoms with van der Waals surface area (Å²) in [4.78, 5) is 6.52. The van der Waals surface area contributed by atoms with Gasteiger partial charge >= 0.3 is 0 Å². The monoisotopic (exact) mass is 295 g/mol. The molecule has 2 aromatic heterocycles. The minimum Gasteiger partial charge on any atom is -0.378 e. The first-order chi connectivity index (χ1) is 10.7. The van der Waals surface area contributed by atoms with Crippen molar-refractivity contribution in [2.24, 2.45) is 5.73 Å². The van der Waals surface area contributed by atoms with E-state index in [-0.39, 0.29) is 0 Å². The fraction of sp³-hybridized carbons (Fsp3) is 0.294. The average Bonchev–Trinajstić information content (AvgIpc) is 2.96. The third-order valence-corrected chi connectivity index (χ3v) is 3.73. The van der Waals surface area contributed by atoms with Gasteiger partial charge in [0.25, 0.3) is 0 Å². The van der Waals surface area contributed by atoms with Crippen LogP contribution < -0.4 is 10.6 Å². The van der Waals surface area contributed by atoms with Gasteiger partial charge in [-0.25, -0.2) is 9.50 Å². The number of benzene rings is 1. The van der Waals surface area contributed by atoms with E-state index in [1.165, 1.54) is 5.69 Å². The third kappa shape index (κ3) is 2.80. The number of aryl methyl sites for hydroxylation is 1. The molecular weight excluding hydrogens is 274 g/mol. The Labute approximate surface area is 130 Å². The topological polar surface area (TPSA) is 59.5 Å². The molecule has 0 atom stereocenters. The van der Waals surface area contributed by atoms with Gasteiger partial charge in [-0.05, 0) is 43.7 Å². The second-order valence-electron chi connectivity index (χ2n) is 5.57. The SMILES string of the molecule is CN(C)c1ccc(-c2cnc3ccc(CCCN)nn23)cc1. The normalized spacial score (nSPS) is 11.0. The maximum absolute atomic E-state index is 5.58. The van der Waals surface area contributed by atoms with Gasteiger partial charge in [0.15, 0.2) is 5.65 Å². The summed E-state index contributed by atoms with van der Waals surface area (Å²) < 4.78 is 1.91. The van der Waals surface area contributed by atoms with Crippen molar-refractivity contribution in [2.45, 2.75) is 12.8 Å². The van der Waals surface area contributed by atoms with Crippen LogP contribution in [-0.2, 0) is 6.42 Å². The molecule has 3 aromatic rings. The van der Waals surface area contributed by atoms with Crippen LogP contribution in [-0.4, -0.2) is 35.2 Å². The second kappa shape index (κ2) is 6.15.